The maximum atomic E-state index is 12.6. The summed E-state index contributed by atoms with van der Waals surface area (Å²) in [5.41, 5.74) is 0.402. The molecule has 6 nitrogen and oxygen atoms in total. The van der Waals surface area contributed by atoms with Crippen molar-refractivity contribution in [2.24, 2.45) is 23.7 Å². The van der Waals surface area contributed by atoms with Crippen LogP contribution < -0.4 is 5.23 Å². The normalized spacial score (nSPS) is 25.6. The molecule has 24 heavy (non-hydrogen) atoms. The first-order valence-corrected chi connectivity index (χ1v) is 8.35. The summed E-state index contributed by atoms with van der Waals surface area (Å²) in [6, 6.07) is 5.58. The number of Topliss-reactive ketones (excluding diaryl/α,β-unsaturated/α-hetero) is 1. The third kappa shape index (κ3) is 4.20. The number of benzene rings is 1. The summed E-state index contributed by atoms with van der Waals surface area (Å²) in [6.07, 6.45) is 1.86. The maximum Gasteiger partial charge on any atom is 0.338 e. The summed E-state index contributed by atoms with van der Waals surface area (Å²) >= 11 is 0. The lowest BCUT2D eigenvalue weighted by atomic mass is 9.70. The van der Waals surface area contributed by atoms with Crippen LogP contribution in [0.4, 0.5) is 5.69 Å². The standard InChI is InChI=1S/C18H25NO5/c1-11(2)15-9-4-12(3)16(17(15)20)10-24-18(21)13-5-7-14(8-6-13)19(22)23/h5-8,11-12,15-16,19,22H,4,9-10H2,1-3H3/t12-,15+,16-/m1/s1. The second kappa shape index (κ2) is 7.88. The highest BCUT2D eigenvalue weighted by Gasteiger charge is 2.37. The van der Waals surface area contributed by atoms with E-state index in [1.165, 1.54) is 24.3 Å². The number of hydrogen-bond acceptors (Lipinski definition) is 5. The second-order valence-corrected chi connectivity index (χ2v) is 6.89. The molecule has 1 unspecified atom stereocenters. The first-order valence-electron chi connectivity index (χ1n) is 8.35. The van der Waals surface area contributed by atoms with Crippen LogP contribution in [0.5, 0.6) is 0 Å². The van der Waals surface area contributed by atoms with E-state index in [0.29, 0.717) is 5.92 Å². The molecule has 1 aliphatic carbocycles. The topological polar surface area (TPSA) is 91.1 Å². The molecular weight excluding hydrogens is 310 g/mol. The van der Waals surface area contributed by atoms with Crippen LogP contribution in [0.15, 0.2) is 24.3 Å². The zero-order valence-corrected chi connectivity index (χ0v) is 14.3. The Bertz CT molecular complexity index is 582. The number of quaternary nitrogens is 1. The molecule has 1 aromatic rings. The van der Waals surface area contributed by atoms with Crippen LogP contribution in [-0.4, -0.2) is 23.6 Å². The van der Waals surface area contributed by atoms with E-state index in [9.17, 15) is 14.8 Å². The Morgan fingerprint density at radius 1 is 1.33 bits per heavy atom. The average molecular weight is 335 g/mol. The third-order valence-electron chi connectivity index (χ3n) is 4.92. The van der Waals surface area contributed by atoms with Gasteiger partial charge in [0.25, 0.3) is 0 Å². The Morgan fingerprint density at radius 3 is 2.50 bits per heavy atom. The first-order chi connectivity index (χ1) is 11.3. The van der Waals surface area contributed by atoms with Gasteiger partial charge in [-0.15, -0.1) is 0 Å². The van der Waals surface area contributed by atoms with Gasteiger partial charge < -0.3 is 9.94 Å². The highest BCUT2D eigenvalue weighted by molar-refractivity contribution is 5.90. The van der Waals surface area contributed by atoms with Crippen molar-refractivity contribution >= 4 is 17.4 Å². The third-order valence-corrected chi connectivity index (χ3v) is 4.92. The van der Waals surface area contributed by atoms with Crippen LogP contribution in [0.25, 0.3) is 0 Å². The summed E-state index contributed by atoms with van der Waals surface area (Å²) in [5, 5.41) is 18.6. The molecule has 0 radical (unpaired) electrons. The molecule has 1 aliphatic rings. The predicted molar refractivity (Wildman–Crippen MR) is 87.7 cm³/mol. The van der Waals surface area contributed by atoms with Crippen LogP contribution in [0.1, 0.15) is 44.0 Å². The van der Waals surface area contributed by atoms with Crippen molar-refractivity contribution in [3.8, 4) is 0 Å². The minimum absolute atomic E-state index is 0.0414. The van der Waals surface area contributed by atoms with Crippen molar-refractivity contribution in [3.63, 3.8) is 0 Å². The van der Waals surface area contributed by atoms with Gasteiger partial charge in [-0.2, -0.15) is 5.23 Å². The summed E-state index contributed by atoms with van der Waals surface area (Å²) < 4.78 is 5.33. The zero-order valence-electron chi connectivity index (χ0n) is 14.3. The second-order valence-electron chi connectivity index (χ2n) is 6.89. The molecule has 0 saturated heterocycles. The molecule has 1 fully saturated rings. The zero-order chi connectivity index (χ0) is 17.9. The van der Waals surface area contributed by atoms with Gasteiger partial charge in [0.05, 0.1) is 11.5 Å². The number of ketones is 1. The van der Waals surface area contributed by atoms with Gasteiger partial charge in [0.15, 0.2) is 5.69 Å². The Balaban J connectivity index is 1.98. The average Bonchev–Trinajstić information content (AvgIpc) is 2.54. The van der Waals surface area contributed by atoms with Gasteiger partial charge in [0.1, 0.15) is 12.4 Å². The fourth-order valence-electron chi connectivity index (χ4n) is 3.25. The van der Waals surface area contributed by atoms with Crippen LogP contribution in [0, 0.1) is 28.9 Å². The van der Waals surface area contributed by atoms with Gasteiger partial charge in [-0.1, -0.05) is 20.8 Å². The molecule has 2 N–H and O–H groups in total. The first kappa shape index (κ1) is 18.6. The number of rotatable bonds is 5. The highest BCUT2D eigenvalue weighted by atomic mass is 16.8. The number of carbonyl (C=O) groups is 2. The molecule has 0 bridgehead atoms. The van der Waals surface area contributed by atoms with E-state index >= 15 is 0 Å². The molecule has 0 amide bonds. The molecular formula is C18H25NO5. The molecule has 6 heteroatoms. The summed E-state index contributed by atoms with van der Waals surface area (Å²) in [4.78, 5) is 24.7. The lowest BCUT2D eigenvalue weighted by Crippen LogP contribution is -2.99. The Kier molecular flexibility index (Phi) is 6.10. The number of carbonyl (C=O) groups excluding carboxylic acids is 2. The Morgan fingerprint density at radius 2 is 1.96 bits per heavy atom. The van der Waals surface area contributed by atoms with Crippen LogP contribution in [0.3, 0.4) is 0 Å². The molecule has 0 heterocycles. The van der Waals surface area contributed by atoms with Gasteiger partial charge in [0.2, 0.25) is 0 Å². The van der Waals surface area contributed by atoms with Crippen LogP contribution >= 0.6 is 0 Å². The highest BCUT2D eigenvalue weighted by Crippen LogP contribution is 2.34. The van der Waals surface area contributed by atoms with Gasteiger partial charge in [-0.25, -0.2) is 10.0 Å². The number of esters is 1. The minimum Gasteiger partial charge on any atom is -0.595 e. The molecule has 1 aromatic carbocycles. The van der Waals surface area contributed by atoms with Crippen LogP contribution in [-0.2, 0) is 9.53 Å². The van der Waals surface area contributed by atoms with E-state index in [1.54, 1.807) is 0 Å². The van der Waals surface area contributed by atoms with Gasteiger partial charge in [0, 0.05) is 18.1 Å². The van der Waals surface area contributed by atoms with Crippen molar-refractivity contribution in [1.82, 2.24) is 0 Å². The largest absolute Gasteiger partial charge is 0.595 e. The molecule has 0 spiro atoms. The summed E-state index contributed by atoms with van der Waals surface area (Å²) in [6.45, 7) is 6.20. The van der Waals surface area contributed by atoms with E-state index in [2.05, 4.69) is 0 Å². The lowest BCUT2D eigenvalue weighted by molar-refractivity contribution is -0.991. The van der Waals surface area contributed by atoms with Crippen molar-refractivity contribution in [3.05, 3.63) is 35.0 Å². The van der Waals surface area contributed by atoms with E-state index < -0.39 is 11.2 Å². The molecule has 132 valence electrons. The lowest BCUT2D eigenvalue weighted by Gasteiger charge is -2.34. The van der Waals surface area contributed by atoms with Crippen LogP contribution in [0.2, 0.25) is 0 Å². The quantitative estimate of drug-likeness (QED) is 0.635. The fourth-order valence-corrected chi connectivity index (χ4v) is 3.25. The summed E-state index contributed by atoms with van der Waals surface area (Å²) in [5.74, 6) is -0.0500. The molecule has 0 aliphatic heterocycles. The van der Waals surface area contributed by atoms with E-state index in [4.69, 9.17) is 9.94 Å². The SMILES string of the molecule is CC(C)[C@@H]1CC[C@@H](C)[C@@H](COC(=O)c2ccc([NH+]([O-])O)cc2)C1=O. The number of hydrogen-bond donors (Lipinski definition) is 2. The van der Waals surface area contributed by atoms with Crippen molar-refractivity contribution < 1.29 is 24.8 Å². The van der Waals surface area contributed by atoms with Crippen molar-refractivity contribution in [2.45, 2.75) is 33.6 Å². The smallest absolute Gasteiger partial charge is 0.338 e. The van der Waals surface area contributed by atoms with Crippen molar-refractivity contribution in [1.29, 1.82) is 0 Å². The summed E-state index contributed by atoms with van der Waals surface area (Å²) in [7, 11) is 0. The Hall–Kier alpha value is -1.76. The molecule has 2 rings (SSSR count). The van der Waals surface area contributed by atoms with Gasteiger partial charge in [-0.3, -0.25) is 4.79 Å². The van der Waals surface area contributed by atoms with Gasteiger partial charge in [-0.05, 0) is 36.8 Å². The molecule has 0 aromatic heterocycles. The fraction of sp³-hybridized carbons (Fsp3) is 0.556. The molecule has 4 atom stereocenters. The van der Waals surface area contributed by atoms with E-state index in [0.717, 1.165) is 12.8 Å². The van der Waals surface area contributed by atoms with Crippen molar-refractivity contribution in [2.75, 3.05) is 6.61 Å². The number of nitrogens with one attached hydrogen (secondary N) is 1. The number of ether oxygens (including phenoxy) is 1. The maximum absolute atomic E-state index is 12.6. The predicted octanol–water partition coefficient (Wildman–Crippen LogP) is 2.13. The molecule has 1 saturated carbocycles. The van der Waals surface area contributed by atoms with E-state index in [-0.39, 0.29) is 41.4 Å². The Labute approximate surface area is 141 Å². The monoisotopic (exact) mass is 335 g/mol. The van der Waals surface area contributed by atoms with Gasteiger partial charge >= 0.3 is 5.97 Å². The minimum atomic E-state index is -1.05. The van der Waals surface area contributed by atoms with E-state index in [1.807, 2.05) is 20.8 Å².